The van der Waals surface area contributed by atoms with E-state index >= 15 is 0 Å². The highest BCUT2D eigenvalue weighted by Gasteiger charge is 2.45. The zero-order chi connectivity index (χ0) is 19.0. The van der Waals surface area contributed by atoms with E-state index in [1.807, 2.05) is 19.1 Å². The van der Waals surface area contributed by atoms with Crippen LogP contribution in [0.3, 0.4) is 0 Å². The largest absolute Gasteiger partial charge is 0.462 e. The summed E-state index contributed by atoms with van der Waals surface area (Å²) in [7, 11) is 0. The van der Waals surface area contributed by atoms with Crippen LogP contribution in [0.15, 0.2) is 24.4 Å². The van der Waals surface area contributed by atoms with E-state index in [0.29, 0.717) is 23.7 Å². The van der Waals surface area contributed by atoms with Crippen LogP contribution in [0.1, 0.15) is 36.2 Å². The molecule has 1 aromatic heterocycles. The Labute approximate surface area is 154 Å². The van der Waals surface area contributed by atoms with Crippen molar-refractivity contribution in [3.8, 4) is 11.5 Å². The van der Waals surface area contributed by atoms with Crippen LogP contribution in [-0.2, 0) is 19.9 Å². The molecule has 0 radical (unpaired) electrons. The number of H-pyrrole nitrogens is 1. The van der Waals surface area contributed by atoms with E-state index in [9.17, 15) is 9.59 Å². The maximum atomic E-state index is 12.4. The SMILES string of the molecule is CCOC(=O)c1cn[nH]c1NC1CC(C)(c2ccc3c(c2)OCO3)OC1=O. The summed E-state index contributed by atoms with van der Waals surface area (Å²) in [6.45, 7) is 3.98. The number of esters is 2. The highest BCUT2D eigenvalue weighted by molar-refractivity contribution is 5.95. The molecule has 2 atom stereocenters. The molecule has 2 aromatic rings. The number of carbonyl (C=O) groups is 2. The molecular weight excluding hydrogens is 354 g/mol. The van der Waals surface area contributed by atoms with E-state index in [-0.39, 0.29) is 19.0 Å². The van der Waals surface area contributed by atoms with Gasteiger partial charge < -0.3 is 24.3 Å². The van der Waals surface area contributed by atoms with Gasteiger partial charge in [-0.25, -0.2) is 9.59 Å². The number of aromatic nitrogens is 2. The lowest BCUT2D eigenvalue weighted by atomic mass is 9.91. The molecule has 2 aliphatic rings. The number of carbonyl (C=O) groups excluding carboxylic acids is 2. The Kier molecular flexibility index (Phi) is 4.14. The molecule has 27 heavy (non-hydrogen) atoms. The summed E-state index contributed by atoms with van der Waals surface area (Å²) in [5, 5.41) is 9.55. The lowest BCUT2D eigenvalue weighted by Crippen LogP contribution is -2.26. The van der Waals surface area contributed by atoms with Crippen molar-refractivity contribution in [3.63, 3.8) is 0 Å². The fraction of sp³-hybridized carbons (Fsp3) is 0.389. The van der Waals surface area contributed by atoms with E-state index in [0.717, 1.165) is 5.56 Å². The van der Waals surface area contributed by atoms with Gasteiger partial charge in [-0.05, 0) is 31.5 Å². The molecule has 1 saturated heterocycles. The highest BCUT2D eigenvalue weighted by atomic mass is 16.7. The van der Waals surface area contributed by atoms with Gasteiger partial charge in [0.05, 0.1) is 12.8 Å². The molecule has 3 heterocycles. The van der Waals surface area contributed by atoms with Crippen LogP contribution < -0.4 is 14.8 Å². The molecule has 0 spiro atoms. The fourth-order valence-electron chi connectivity index (χ4n) is 3.25. The maximum absolute atomic E-state index is 12.4. The van der Waals surface area contributed by atoms with Gasteiger partial charge in [0.15, 0.2) is 11.5 Å². The minimum atomic E-state index is -0.833. The second-order valence-corrected chi connectivity index (χ2v) is 6.50. The van der Waals surface area contributed by atoms with Crippen molar-refractivity contribution < 1.29 is 28.5 Å². The summed E-state index contributed by atoms with van der Waals surface area (Å²) in [4.78, 5) is 24.4. The van der Waals surface area contributed by atoms with Crippen LogP contribution in [0.2, 0.25) is 0 Å². The topological polar surface area (TPSA) is 112 Å². The summed E-state index contributed by atoms with van der Waals surface area (Å²) < 4.78 is 21.4. The predicted molar refractivity (Wildman–Crippen MR) is 92.6 cm³/mol. The number of anilines is 1. The van der Waals surface area contributed by atoms with Gasteiger partial charge >= 0.3 is 11.9 Å². The van der Waals surface area contributed by atoms with E-state index in [1.54, 1.807) is 13.0 Å². The summed E-state index contributed by atoms with van der Waals surface area (Å²) in [5.74, 6) is 0.681. The number of fused-ring (bicyclic) bond motifs is 1. The van der Waals surface area contributed by atoms with Crippen molar-refractivity contribution in [3.05, 3.63) is 35.5 Å². The van der Waals surface area contributed by atoms with Crippen molar-refractivity contribution in [2.75, 3.05) is 18.7 Å². The normalized spacial score (nSPS) is 23.2. The second kappa shape index (κ2) is 6.49. The standard InChI is InChI=1S/C18H19N3O6/c1-3-24-16(22)11-8-19-21-15(11)20-12-7-18(2,27-17(12)23)10-4-5-13-14(6-10)26-9-25-13/h4-6,8,12H,3,7,9H2,1-2H3,(H2,19,20,21). The number of nitrogens with one attached hydrogen (secondary N) is 2. The minimum absolute atomic E-state index is 0.177. The molecule has 1 aromatic carbocycles. The van der Waals surface area contributed by atoms with Gasteiger partial charge in [-0.3, -0.25) is 5.10 Å². The van der Waals surface area contributed by atoms with Gasteiger partial charge in [-0.2, -0.15) is 5.10 Å². The van der Waals surface area contributed by atoms with Gasteiger partial charge in [-0.1, -0.05) is 6.07 Å². The molecule has 0 bridgehead atoms. The number of hydrogen-bond acceptors (Lipinski definition) is 8. The summed E-state index contributed by atoms with van der Waals surface area (Å²) in [5.41, 5.74) is 0.209. The molecule has 2 N–H and O–H groups in total. The van der Waals surface area contributed by atoms with E-state index in [2.05, 4.69) is 15.5 Å². The van der Waals surface area contributed by atoms with Gasteiger partial charge in [0.25, 0.3) is 0 Å². The average molecular weight is 373 g/mol. The molecular formula is C18H19N3O6. The molecule has 2 unspecified atom stereocenters. The predicted octanol–water partition coefficient (Wildman–Crippen LogP) is 1.96. The van der Waals surface area contributed by atoms with Gasteiger partial charge in [0.2, 0.25) is 6.79 Å². The van der Waals surface area contributed by atoms with Crippen LogP contribution in [0.4, 0.5) is 5.82 Å². The third-order valence-corrected chi connectivity index (χ3v) is 4.64. The molecule has 9 heteroatoms. The third-order valence-electron chi connectivity index (χ3n) is 4.64. The van der Waals surface area contributed by atoms with Crippen molar-refractivity contribution in [2.24, 2.45) is 0 Å². The molecule has 2 aliphatic heterocycles. The number of aromatic amines is 1. The molecule has 142 valence electrons. The van der Waals surface area contributed by atoms with Crippen molar-refractivity contribution in [1.82, 2.24) is 10.2 Å². The zero-order valence-electron chi connectivity index (χ0n) is 14.9. The first-order valence-electron chi connectivity index (χ1n) is 8.60. The Bertz CT molecular complexity index is 895. The van der Waals surface area contributed by atoms with E-state index in [4.69, 9.17) is 18.9 Å². The van der Waals surface area contributed by atoms with Crippen molar-refractivity contribution in [2.45, 2.75) is 31.9 Å². The van der Waals surface area contributed by atoms with E-state index in [1.165, 1.54) is 6.20 Å². The Balaban J connectivity index is 1.53. The second-order valence-electron chi connectivity index (χ2n) is 6.50. The van der Waals surface area contributed by atoms with Crippen LogP contribution in [0.5, 0.6) is 11.5 Å². The zero-order valence-corrected chi connectivity index (χ0v) is 14.9. The smallest absolute Gasteiger partial charge is 0.343 e. The average Bonchev–Trinajstić information content (AvgIpc) is 3.35. The Morgan fingerprint density at radius 1 is 1.41 bits per heavy atom. The Morgan fingerprint density at radius 3 is 3.04 bits per heavy atom. The number of rotatable bonds is 5. The quantitative estimate of drug-likeness (QED) is 0.765. The van der Waals surface area contributed by atoms with Crippen LogP contribution in [0.25, 0.3) is 0 Å². The molecule has 4 rings (SSSR count). The van der Waals surface area contributed by atoms with Gasteiger partial charge in [0, 0.05) is 6.42 Å². The first-order chi connectivity index (χ1) is 13.0. The maximum Gasteiger partial charge on any atom is 0.343 e. The van der Waals surface area contributed by atoms with Gasteiger partial charge in [-0.15, -0.1) is 0 Å². The number of hydrogen-bond donors (Lipinski definition) is 2. The summed E-state index contributed by atoms with van der Waals surface area (Å²) >= 11 is 0. The lowest BCUT2D eigenvalue weighted by molar-refractivity contribution is -0.148. The number of benzene rings is 1. The van der Waals surface area contributed by atoms with Crippen LogP contribution >= 0.6 is 0 Å². The number of ether oxygens (including phenoxy) is 4. The Hall–Kier alpha value is -3.23. The lowest BCUT2D eigenvalue weighted by Gasteiger charge is -2.23. The van der Waals surface area contributed by atoms with Crippen molar-refractivity contribution >= 4 is 17.8 Å². The third kappa shape index (κ3) is 3.05. The molecule has 9 nitrogen and oxygen atoms in total. The fourth-order valence-corrected chi connectivity index (χ4v) is 3.25. The van der Waals surface area contributed by atoms with Crippen molar-refractivity contribution in [1.29, 1.82) is 0 Å². The molecule has 0 aliphatic carbocycles. The number of nitrogens with zero attached hydrogens (tertiary/aromatic N) is 1. The summed E-state index contributed by atoms with van der Waals surface area (Å²) in [6.07, 6.45) is 1.73. The first-order valence-corrected chi connectivity index (χ1v) is 8.60. The molecule has 0 amide bonds. The monoisotopic (exact) mass is 373 g/mol. The minimum Gasteiger partial charge on any atom is -0.462 e. The van der Waals surface area contributed by atoms with Crippen LogP contribution in [0, 0.1) is 0 Å². The molecule has 1 fully saturated rings. The van der Waals surface area contributed by atoms with Gasteiger partial charge in [0.1, 0.15) is 23.0 Å². The Morgan fingerprint density at radius 2 is 2.22 bits per heavy atom. The van der Waals surface area contributed by atoms with E-state index < -0.39 is 23.6 Å². The molecule has 0 saturated carbocycles. The highest BCUT2D eigenvalue weighted by Crippen LogP contribution is 2.42. The summed E-state index contributed by atoms with van der Waals surface area (Å²) in [6, 6.07) is 4.82. The van der Waals surface area contributed by atoms with Crippen LogP contribution in [-0.4, -0.2) is 41.6 Å². The number of cyclic esters (lactones) is 1. The first kappa shape index (κ1) is 17.2.